The Morgan fingerprint density at radius 2 is 2.00 bits per heavy atom. The summed E-state index contributed by atoms with van der Waals surface area (Å²) >= 11 is 6.39. The van der Waals surface area contributed by atoms with Gasteiger partial charge in [0.25, 0.3) is 0 Å². The van der Waals surface area contributed by atoms with E-state index in [4.69, 9.17) is 21.4 Å². The van der Waals surface area contributed by atoms with E-state index in [1.54, 1.807) is 18.1 Å². The number of rotatable bonds is 6. The van der Waals surface area contributed by atoms with Crippen LogP contribution in [0.4, 0.5) is 4.39 Å². The van der Waals surface area contributed by atoms with E-state index in [9.17, 15) is 9.18 Å². The number of carbonyl (C=O) groups excluding carboxylic acids is 1. The van der Waals surface area contributed by atoms with Gasteiger partial charge in [-0.3, -0.25) is 9.48 Å². The number of aromatic amines is 1. The zero-order chi connectivity index (χ0) is 27.1. The Labute approximate surface area is 227 Å². The van der Waals surface area contributed by atoms with Crippen molar-refractivity contribution in [3.8, 4) is 16.9 Å². The average Bonchev–Trinajstić information content (AvgIpc) is 3.52. The topological polar surface area (TPSA) is 76.0 Å². The highest BCUT2D eigenvalue weighted by Gasteiger charge is 2.29. The van der Waals surface area contributed by atoms with Crippen LogP contribution >= 0.6 is 11.6 Å². The summed E-state index contributed by atoms with van der Waals surface area (Å²) in [4.78, 5) is 22.0. The van der Waals surface area contributed by atoms with Gasteiger partial charge in [0.2, 0.25) is 5.91 Å². The van der Waals surface area contributed by atoms with Crippen LogP contribution in [-0.4, -0.2) is 51.8 Å². The number of H-pyrrole nitrogens is 1. The molecule has 0 radical (unpaired) electrons. The van der Waals surface area contributed by atoms with Crippen LogP contribution < -0.4 is 4.74 Å². The van der Waals surface area contributed by atoms with Gasteiger partial charge in [0.05, 0.1) is 23.9 Å². The van der Waals surface area contributed by atoms with Crippen molar-refractivity contribution in [2.45, 2.75) is 51.5 Å². The Hall–Kier alpha value is -3.39. The van der Waals surface area contributed by atoms with Crippen LogP contribution in [0.3, 0.4) is 0 Å². The Bertz CT molecular complexity index is 1490. The summed E-state index contributed by atoms with van der Waals surface area (Å²) in [6, 6.07) is 5.30. The Balaban J connectivity index is 1.44. The lowest BCUT2D eigenvalue weighted by atomic mass is 9.85. The summed E-state index contributed by atoms with van der Waals surface area (Å²) in [6.45, 7) is 3.99. The number of hydrogen-bond donors (Lipinski definition) is 1. The van der Waals surface area contributed by atoms with Crippen LogP contribution in [0.2, 0.25) is 5.02 Å². The van der Waals surface area contributed by atoms with Crippen molar-refractivity contribution in [3.05, 3.63) is 64.5 Å². The largest absolute Gasteiger partial charge is 0.496 e. The number of benzene rings is 1. The number of carbonyl (C=O) groups is 1. The minimum absolute atomic E-state index is 0.0643. The third kappa shape index (κ3) is 4.66. The fourth-order valence-corrected chi connectivity index (χ4v) is 6.04. The molecule has 7 nitrogen and oxygen atoms in total. The van der Waals surface area contributed by atoms with Crippen molar-refractivity contribution < 1.29 is 13.9 Å². The number of aromatic nitrogens is 4. The van der Waals surface area contributed by atoms with Gasteiger partial charge in [-0.1, -0.05) is 18.5 Å². The van der Waals surface area contributed by atoms with Crippen molar-refractivity contribution in [2.75, 3.05) is 21.2 Å². The maximum atomic E-state index is 14.4. The summed E-state index contributed by atoms with van der Waals surface area (Å²) in [5, 5.41) is 5.84. The third-order valence-electron chi connectivity index (χ3n) is 7.86. The fraction of sp³-hybridized carbons (Fsp3) is 0.414. The first-order chi connectivity index (χ1) is 18.2. The molecule has 200 valence electrons. The molecule has 1 saturated carbocycles. The Morgan fingerprint density at radius 1 is 1.26 bits per heavy atom. The van der Waals surface area contributed by atoms with E-state index in [0.717, 1.165) is 59.1 Å². The maximum Gasteiger partial charge on any atom is 0.225 e. The summed E-state index contributed by atoms with van der Waals surface area (Å²) < 4.78 is 21.9. The molecule has 1 fully saturated rings. The van der Waals surface area contributed by atoms with E-state index in [0.29, 0.717) is 11.3 Å². The van der Waals surface area contributed by atoms with E-state index < -0.39 is 5.82 Å². The number of ether oxygens (including phenoxy) is 1. The van der Waals surface area contributed by atoms with Gasteiger partial charge in [-0.25, -0.2) is 9.37 Å². The molecular formula is C29H33ClFN5O2. The second-order valence-corrected chi connectivity index (χ2v) is 10.8. The molecule has 9 heteroatoms. The summed E-state index contributed by atoms with van der Waals surface area (Å²) in [5.41, 5.74) is 5.21. The second-order valence-electron chi connectivity index (χ2n) is 10.4. The first kappa shape index (κ1) is 26.2. The lowest BCUT2D eigenvalue weighted by Gasteiger charge is -2.29. The van der Waals surface area contributed by atoms with Crippen molar-refractivity contribution in [1.29, 1.82) is 0 Å². The number of methoxy groups -OCH3 is 1. The van der Waals surface area contributed by atoms with Crippen LogP contribution in [0.15, 0.2) is 36.8 Å². The van der Waals surface area contributed by atoms with Crippen molar-refractivity contribution >= 4 is 28.5 Å². The van der Waals surface area contributed by atoms with E-state index in [1.165, 1.54) is 6.07 Å². The molecule has 5 rings (SSSR count). The molecule has 1 amide bonds. The molecule has 0 unspecified atom stereocenters. The zero-order valence-corrected chi connectivity index (χ0v) is 23.1. The number of amides is 1. The van der Waals surface area contributed by atoms with E-state index in [2.05, 4.69) is 26.9 Å². The minimum Gasteiger partial charge on any atom is -0.496 e. The van der Waals surface area contributed by atoms with Gasteiger partial charge in [-0.05, 0) is 56.4 Å². The molecule has 1 N–H and O–H groups in total. The molecule has 1 aliphatic carbocycles. The number of nitrogens with zero attached hydrogens (tertiary/aromatic N) is 4. The maximum absolute atomic E-state index is 14.4. The van der Waals surface area contributed by atoms with Gasteiger partial charge >= 0.3 is 0 Å². The minimum atomic E-state index is -0.476. The molecule has 0 spiro atoms. The zero-order valence-electron chi connectivity index (χ0n) is 22.4. The summed E-state index contributed by atoms with van der Waals surface area (Å²) in [6.07, 6.45) is 9.45. The quantitative estimate of drug-likeness (QED) is 0.304. The molecule has 38 heavy (non-hydrogen) atoms. The van der Waals surface area contributed by atoms with Crippen LogP contribution in [-0.2, 0) is 4.79 Å². The molecule has 0 aliphatic heterocycles. The Morgan fingerprint density at radius 3 is 2.68 bits per heavy atom. The number of pyridine rings is 1. The highest BCUT2D eigenvalue weighted by Crippen LogP contribution is 2.41. The number of fused-ring (bicyclic) bond motifs is 1. The lowest BCUT2D eigenvalue weighted by molar-refractivity contribution is -0.134. The van der Waals surface area contributed by atoms with E-state index >= 15 is 0 Å². The van der Waals surface area contributed by atoms with Crippen LogP contribution in [0.25, 0.3) is 22.2 Å². The number of aryl methyl sites for hydroxylation is 1. The first-order valence-corrected chi connectivity index (χ1v) is 13.3. The summed E-state index contributed by atoms with van der Waals surface area (Å²) in [7, 11) is 5.20. The third-order valence-corrected chi connectivity index (χ3v) is 8.25. The molecule has 1 aromatic carbocycles. The van der Waals surface area contributed by atoms with Crippen molar-refractivity contribution in [1.82, 2.24) is 24.6 Å². The van der Waals surface area contributed by atoms with E-state index in [-0.39, 0.29) is 28.8 Å². The molecule has 3 aromatic heterocycles. The van der Waals surface area contributed by atoms with Gasteiger partial charge in [0.1, 0.15) is 17.2 Å². The molecule has 0 bridgehead atoms. The normalized spacial score (nSPS) is 18.5. The summed E-state index contributed by atoms with van der Waals surface area (Å²) in [5.74, 6) is 0.150. The van der Waals surface area contributed by atoms with Crippen molar-refractivity contribution in [2.24, 2.45) is 5.92 Å². The number of nitrogens with one attached hydrogen (secondary N) is 1. The Kier molecular flexibility index (Phi) is 7.18. The SMILES string of the molecule is COc1ccc(F)c(Cl)c1[C@@H](C)c1c[nH]c2ncc(-c3cn([C@H]4CC[C@H](C(=O)N(C)C)CC4)nc3C)cc12. The van der Waals surface area contributed by atoms with Crippen LogP contribution in [0, 0.1) is 18.7 Å². The van der Waals surface area contributed by atoms with Gasteiger partial charge in [0.15, 0.2) is 0 Å². The number of halogens is 2. The highest BCUT2D eigenvalue weighted by atomic mass is 35.5. The predicted octanol–water partition coefficient (Wildman–Crippen LogP) is 6.51. The van der Waals surface area contributed by atoms with Crippen LogP contribution in [0.1, 0.15) is 61.4 Å². The second kappa shape index (κ2) is 10.4. The van der Waals surface area contributed by atoms with E-state index in [1.807, 2.05) is 40.3 Å². The molecule has 4 aromatic rings. The highest BCUT2D eigenvalue weighted by molar-refractivity contribution is 6.31. The average molecular weight is 538 g/mol. The first-order valence-electron chi connectivity index (χ1n) is 13.0. The lowest BCUT2D eigenvalue weighted by Crippen LogP contribution is -2.32. The van der Waals surface area contributed by atoms with Crippen molar-refractivity contribution in [3.63, 3.8) is 0 Å². The number of hydrogen-bond acceptors (Lipinski definition) is 4. The van der Waals surface area contributed by atoms with Gasteiger partial charge < -0.3 is 14.6 Å². The molecule has 3 heterocycles. The van der Waals surface area contributed by atoms with Gasteiger partial charge in [-0.2, -0.15) is 5.10 Å². The molecular weight excluding hydrogens is 505 g/mol. The smallest absolute Gasteiger partial charge is 0.225 e. The van der Waals surface area contributed by atoms with Gasteiger partial charge in [0, 0.05) is 66.6 Å². The standard InChI is InChI=1S/C29H33ClFN5O2/c1-16(26-25(38-5)11-10-24(31)27(26)30)22-14-33-28-21(22)12-19(13-32-28)23-15-36(34-17(23)2)20-8-6-18(7-9-20)29(37)35(3)4/h10-16,18,20H,6-9H2,1-5H3,(H,32,33)/t16-,18-,20-/m0/s1. The van der Waals surface area contributed by atoms with Gasteiger partial charge in [-0.15, -0.1) is 0 Å². The predicted molar refractivity (Wildman–Crippen MR) is 147 cm³/mol. The molecule has 1 aliphatic rings. The monoisotopic (exact) mass is 537 g/mol. The molecule has 1 atom stereocenters. The van der Waals surface area contributed by atoms with Crippen LogP contribution in [0.5, 0.6) is 5.75 Å². The fourth-order valence-electron chi connectivity index (χ4n) is 5.72. The molecule has 0 saturated heterocycles.